The molecule has 0 aromatic heterocycles. The van der Waals surface area contributed by atoms with E-state index in [1.54, 1.807) is 0 Å². The number of ether oxygens (including phenoxy) is 1. The van der Waals surface area contributed by atoms with E-state index in [4.69, 9.17) is 10.5 Å². The Hall–Kier alpha value is -1.55. The Kier molecular flexibility index (Phi) is 5.62. The molecule has 2 rings (SSSR count). The van der Waals surface area contributed by atoms with Crippen molar-refractivity contribution in [2.45, 2.75) is 39.2 Å². The normalized spacial score (nSPS) is 18.8. The van der Waals surface area contributed by atoms with E-state index < -0.39 is 0 Å². The van der Waals surface area contributed by atoms with Gasteiger partial charge >= 0.3 is 0 Å². The molecule has 1 aliphatic rings. The van der Waals surface area contributed by atoms with Gasteiger partial charge in [-0.05, 0) is 24.0 Å². The van der Waals surface area contributed by atoms with Crippen molar-refractivity contribution in [2.24, 2.45) is 17.6 Å². The molecular formula is C17H26N2O2. The van der Waals surface area contributed by atoms with Crippen LogP contribution in [0, 0.1) is 11.8 Å². The van der Waals surface area contributed by atoms with E-state index >= 15 is 0 Å². The maximum atomic E-state index is 12.3. The summed E-state index contributed by atoms with van der Waals surface area (Å²) in [6.45, 7) is 5.27. The highest BCUT2D eigenvalue weighted by atomic mass is 16.5. The fraction of sp³-hybridized carbons (Fsp3) is 0.588. The molecule has 1 heterocycles. The SMILES string of the molecule is CCC(CC)C(N)CNC(=O)C1COc2ccccc2C1. The fourth-order valence-electron chi connectivity index (χ4n) is 2.92. The van der Waals surface area contributed by atoms with Crippen LogP contribution in [-0.4, -0.2) is 25.1 Å². The molecule has 4 heteroatoms. The molecule has 21 heavy (non-hydrogen) atoms. The molecule has 0 radical (unpaired) electrons. The van der Waals surface area contributed by atoms with Crippen molar-refractivity contribution in [3.63, 3.8) is 0 Å². The summed E-state index contributed by atoms with van der Waals surface area (Å²) in [7, 11) is 0. The van der Waals surface area contributed by atoms with Gasteiger partial charge in [0.25, 0.3) is 0 Å². The van der Waals surface area contributed by atoms with Gasteiger partial charge in [-0.25, -0.2) is 0 Å². The van der Waals surface area contributed by atoms with E-state index in [1.165, 1.54) is 0 Å². The van der Waals surface area contributed by atoms with Crippen LogP contribution < -0.4 is 15.8 Å². The van der Waals surface area contributed by atoms with Crippen molar-refractivity contribution in [3.05, 3.63) is 29.8 Å². The third-order valence-corrected chi connectivity index (χ3v) is 4.42. The van der Waals surface area contributed by atoms with Crippen LogP contribution in [0.15, 0.2) is 24.3 Å². The number of nitrogens with one attached hydrogen (secondary N) is 1. The quantitative estimate of drug-likeness (QED) is 0.843. The van der Waals surface area contributed by atoms with Crippen LogP contribution in [0.2, 0.25) is 0 Å². The lowest BCUT2D eigenvalue weighted by molar-refractivity contribution is -0.126. The largest absolute Gasteiger partial charge is 0.492 e. The Balaban J connectivity index is 1.85. The number of hydrogen-bond acceptors (Lipinski definition) is 3. The number of nitrogens with two attached hydrogens (primary N) is 1. The highest BCUT2D eigenvalue weighted by Crippen LogP contribution is 2.26. The molecule has 0 saturated heterocycles. The number of benzene rings is 1. The maximum absolute atomic E-state index is 12.3. The lowest BCUT2D eigenvalue weighted by Gasteiger charge is -2.26. The Morgan fingerprint density at radius 1 is 1.38 bits per heavy atom. The fourth-order valence-corrected chi connectivity index (χ4v) is 2.92. The van der Waals surface area contributed by atoms with Gasteiger partial charge in [-0.2, -0.15) is 0 Å². The van der Waals surface area contributed by atoms with Crippen LogP contribution in [0.5, 0.6) is 5.75 Å². The number of rotatable bonds is 6. The topological polar surface area (TPSA) is 64.3 Å². The van der Waals surface area contributed by atoms with Crippen molar-refractivity contribution < 1.29 is 9.53 Å². The Morgan fingerprint density at radius 3 is 2.81 bits per heavy atom. The van der Waals surface area contributed by atoms with Gasteiger partial charge in [0.2, 0.25) is 5.91 Å². The van der Waals surface area contributed by atoms with Crippen molar-refractivity contribution in [2.75, 3.05) is 13.2 Å². The second-order valence-corrected chi connectivity index (χ2v) is 5.81. The number of carbonyl (C=O) groups excluding carboxylic acids is 1. The molecule has 0 saturated carbocycles. The number of hydrogen-bond donors (Lipinski definition) is 2. The summed E-state index contributed by atoms with van der Waals surface area (Å²) in [5, 5.41) is 2.99. The van der Waals surface area contributed by atoms with Gasteiger partial charge in [0.1, 0.15) is 12.4 Å². The van der Waals surface area contributed by atoms with E-state index in [-0.39, 0.29) is 17.9 Å². The average molecular weight is 290 g/mol. The number of amides is 1. The Bertz CT molecular complexity index is 472. The van der Waals surface area contributed by atoms with Crippen LogP contribution >= 0.6 is 0 Å². The maximum Gasteiger partial charge on any atom is 0.226 e. The molecule has 3 N–H and O–H groups in total. The van der Waals surface area contributed by atoms with Crippen LogP contribution in [-0.2, 0) is 11.2 Å². The third-order valence-electron chi connectivity index (χ3n) is 4.42. The summed E-state index contributed by atoms with van der Waals surface area (Å²) in [6.07, 6.45) is 2.84. The van der Waals surface area contributed by atoms with Gasteiger partial charge in [0.15, 0.2) is 0 Å². The molecule has 1 aliphatic heterocycles. The lowest BCUT2D eigenvalue weighted by Crippen LogP contribution is -2.45. The molecule has 116 valence electrons. The van der Waals surface area contributed by atoms with Crippen molar-refractivity contribution in [3.8, 4) is 5.75 Å². The molecule has 0 fully saturated rings. The molecule has 2 unspecified atom stereocenters. The van der Waals surface area contributed by atoms with E-state index in [0.717, 1.165) is 30.6 Å². The van der Waals surface area contributed by atoms with Crippen molar-refractivity contribution in [1.29, 1.82) is 0 Å². The molecule has 0 aliphatic carbocycles. The highest BCUT2D eigenvalue weighted by Gasteiger charge is 2.26. The first-order chi connectivity index (χ1) is 10.2. The summed E-state index contributed by atoms with van der Waals surface area (Å²) in [5.41, 5.74) is 7.25. The van der Waals surface area contributed by atoms with Gasteiger partial charge < -0.3 is 15.8 Å². The zero-order chi connectivity index (χ0) is 15.2. The molecule has 2 atom stereocenters. The standard InChI is InChI=1S/C17H26N2O2/c1-3-12(4-2)15(18)10-19-17(20)14-9-13-7-5-6-8-16(13)21-11-14/h5-8,12,14-15H,3-4,9-11,18H2,1-2H3,(H,19,20). The second kappa shape index (κ2) is 7.46. The third kappa shape index (κ3) is 3.97. The molecule has 1 amide bonds. The Labute approximate surface area is 127 Å². The van der Waals surface area contributed by atoms with Crippen LogP contribution in [0.3, 0.4) is 0 Å². The zero-order valence-corrected chi connectivity index (χ0v) is 13.0. The van der Waals surface area contributed by atoms with Crippen LogP contribution in [0.25, 0.3) is 0 Å². The minimum atomic E-state index is -0.117. The van der Waals surface area contributed by atoms with E-state index in [0.29, 0.717) is 19.1 Å². The van der Waals surface area contributed by atoms with Crippen molar-refractivity contribution in [1.82, 2.24) is 5.32 Å². The molecule has 0 bridgehead atoms. The monoisotopic (exact) mass is 290 g/mol. The predicted molar refractivity (Wildman–Crippen MR) is 84.2 cm³/mol. The number of para-hydroxylation sites is 1. The van der Waals surface area contributed by atoms with E-state index in [1.807, 2.05) is 24.3 Å². The highest BCUT2D eigenvalue weighted by molar-refractivity contribution is 5.79. The lowest BCUT2D eigenvalue weighted by atomic mass is 9.93. The van der Waals surface area contributed by atoms with Crippen LogP contribution in [0.1, 0.15) is 32.3 Å². The molecule has 0 spiro atoms. The first-order valence-corrected chi connectivity index (χ1v) is 7.89. The average Bonchev–Trinajstić information content (AvgIpc) is 2.53. The number of fused-ring (bicyclic) bond motifs is 1. The van der Waals surface area contributed by atoms with Gasteiger partial charge in [0, 0.05) is 12.6 Å². The second-order valence-electron chi connectivity index (χ2n) is 5.81. The van der Waals surface area contributed by atoms with E-state index in [2.05, 4.69) is 19.2 Å². The van der Waals surface area contributed by atoms with Gasteiger partial charge in [-0.15, -0.1) is 0 Å². The Morgan fingerprint density at radius 2 is 2.10 bits per heavy atom. The summed E-state index contributed by atoms with van der Waals surface area (Å²) < 4.78 is 5.66. The van der Waals surface area contributed by atoms with E-state index in [9.17, 15) is 4.79 Å². The predicted octanol–water partition coefficient (Wildman–Crippen LogP) is 2.12. The van der Waals surface area contributed by atoms with Crippen molar-refractivity contribution >= 4 is 5.91 Å². The molecule has 4 nitrogen and oxygen atoms in total. The van der Waals surface area contributed by atoms with Gasteiger partial charge in [-0.3, -0.25) is 4.79 Å². The first-order valence-electron chi connectivity index (χ1n) is 7.89. The van der Waals surface area contributed by atoms with Gasteiger partial charge in [-0.1, -0.05) is 44.9 Å². The smallest absolute Gasteiger partial charge is 0.226 e. The summed E-state index contributed by atoms with van der Waals surface area (Å²) >= 11 is 0. The van der Waals surface area contributed by atoms with Gasteiger partial charge in [0.05, 0.1) is 5.92 Å². The van der Waals surface area contributed by atoms with Crippen LogP contribution in [0.4, 0.5) is 0 Å². The minimum Gasteiger partial charge on any atom is -0.492 e. The summed E-state index contributed by atoms with van der Waals surface area (Å²) in [4.78, 5) is 12.3. The number of carbonyl (C=O) groups is 1. The molecular weight excluding hydrogens is 264 g/mol. The summed E-state index contributed by atoms with van der Waals surface area (Å²) in [5.74, 6) is 1.30. The first kappa shape index (κ1) is 15.8. The molecule has 1 aromatic rings. The zero-order valence-electron chi connectivity index (χ0n) is 13.0. The molecule has 1 aromatic carbocycles. The summed E-state index contributed by atoms with van der Waals surface area (Å²) in [6, 6.07) is 7.93. The minimum absolute atomic E-state index is 0.0285.